The fourth-order valence-corrected chi connectivity index (χ4v) is 2.86. The number of thiophene rings is 1. The summed E-state index contributed by atoms with van der Waals surface area (Å²) in [7, 11) is 0. The van der Waals surface area contributed by atoms with Gasteiger partial charge in [0.25, 0.3) is 5.69 Å². The van der Waals surface area contributed by atoms with E-state index in [1.165, 1.54) is 23.6 Å². The van der Waals surface area contributed by atoms with Gasteiger partial charge in [-0.1, -0.05) is 0 Å². The Morgan fingerprint density at radius 1 is 1.35 bits per heavy atom. The molecule has 0 fully saturated rings. The van der Waals surface area contributed by atoms with Gasteiger partial charge in [0.05, 0.1) is 26.1 Å². The molecule has 116 valence electrons. The summed E-state index contributed by atoms with van der Waals surface area (Å²) in [4.78, 5) is 14.6. The van der Waals surface area contributed by atoms with Crippen LogP contribution in [-0.4, -0.2) is 15.7 Å². The van der Waals surface area contributed by atoms with Crippen molar-refractivity contribution in [1.82, 2.24) is 4.98 Å². The second-order valence-electron chi connectivity index (χ2n) is 4.52. The first kappa shape index (κ1) is 14.9. The van der Waals surface area contributed by atoms with Gasteiger partial charge in [0.2, 0.25) is 0 Å². The van der Waals surface area contributed by atoms with Crippen LogP contribution >= 0.6 is 11.3 Å². The SMILES string of the molecule is N=C(N)c1cc2nccc(Oc3ccc([N+](=O)[O-])cc3F)c2s1. The molecule has 0 unspecified atom stereocenters. The fraction of sp³-hybridized carbons (Fsp3) is 0. The number of nitrogen functional groups attached to an aromatic ring is 1. The number of benzene rings is 1. The van der Waals surface area contributed by atoms with Crippen LogP contribution in [-0.2, 0) is 0 Å². The van der Waals surface area contributed by atoms with Crippen molar-refractivity contribution >= 4 is 33.1 Å². The van der Waals surface area contributed by atoms with E-state index in [4.69, 9.17) is 15.9 Å². The van der Waals surface area contributed by atoms with Crippen LogP contribution in [0.4, 0.5) is 10.1 Å². The van der Waals surface area contributed by atoms with Gasteiger partial charge >= 0.3 is 0 Å². The van der Waals surface area contributed by atoms with Crippen LogP contribution < -0.4 is 10.5 Å². The zero-order valence-corrected chi connectivity index (χ0v) is 12.3. The molecule has 0 spiro atoms. The number of ether oxygens (including phenoxy) is 1. The van der Waals surface area contributed by atoms with Gasteiger partial charge in [-0.05, 0) is 12.1 Å². The molecule has 2 aromatic heterocycles. The number of nitrogens with one attached hydrogen (secondary N) is 1. The van der Waals surface area contributed by atoms with Crippen molar-refractivity contribution in [2.45, 2.75) is 0 Å². The van der Waals surface area contributed by atoms with Gasteiger partial charge < -0.3 is 10.5 Å². The summed E-state index contributed by atoms with van der Waals surface area (Å²) < 4.78 is 20.1. The highest BCUT2D eigenvalue weighted by atomic mass is 32.1. The number of nitrogens with zero attached hydrogens (tertiary/aromatic N) is 2. The highest BCUT2D eigenvalue weighted by Gasteiger charge is 2.15. The van der Waals surface area contributed by atoms with Gasteiger partial charge in [-0.2, -0.15) is 0 Å². The minimum atomic E-state index is -0.840. The number of non-ortho nitro benzene ring substituents is 1. The smallest absolute Gasteiger partial charge is 0.272 e. The molecule has 3 N–H and O–H groups in total. The number of fused-ring (bicyclic) bond motifs is 1. The molecular formula is C14H9FN4O3S. The molecule has 9 heteroatoms. The second kappa shape index (κ2) is 5.61. The Labute approximate surface area is 132 Å². The number of hydrogen-bond donors (Lipinski definition) is 2. The van der Waals surface area contributed by atoms with E-state index in [2.05, 4.69) is 4.98 Å². The zero-order valence-electron chi connectivity index (χ0n) is 11.4. The first-order valence-electron chi connectivity index (χ1n) is 6.30. The van der Waals surface area contributed by atoms with Crippen LogP contribution in [0.15, 0.2) is 36.5 Å². The van der Waals surface area contributed by atoms with E-state index in [9.17, 15) is 14.5 Å². The molecule has 0 saturated carbocycles. The minimum Gasteiger partial charge on any atom is -0.453 e. The number of nitro benzene ring substituents is 1. The van der Waals surface area contributed by atoms with Crippen molar-refractivity contribution in [3.8, 4) is 11.5 Å². The lowest BCUT2D eigenvalue weighted by Crippen LogP contribution is -2.08. The van der Waals surface area contributed by atoms with E-state index in [0.29, 0.717) is 20.8 Å². The van der Waals surface area contributed by atoms with E-state index in [-0.39, 0.29) is 17.3 Å². The van der Waals surface area contributed by atoms with E-state index in [1.807, 2.05) is 0 Å². The Balaban J connectivity index is 2.01. The summed E-state index contributed by atoms with van der Waals surface area (Å²) in [5.74, 6) is -0.742. The third kappa shape index (κ3) is 2.81. The molecule has 7 nitrogen and oxygen atoms in total. The molecule has 0 atom stereocenters. The summed E-state index contributed by atoms with van der Waals surface area (Å²) in [6.45, 7) is 0. The van der Waals surface area contributed by atoms with Gasteiger partial charge in [0, 0.05) is 18.3 Å². The Morgan fingerprint density at radius 2 is 2.13 bits per heavy atom. The number of aromatic nitrogens is 1. The second-order valence-corrected chi connectivity index (χ2v) is 5.57. The maximum Gasteiger partial charge on any atom is 0.272 e. The molecule has 0 aliphatic heterocycles. The largest absolute Gasteiger partial charge is 0.453 e. The number of nitrogens with two attached hydrogens (primary N) is 1. The number of pyridine rings is 1. The van der Waals surface area contributed by atoms with Gasteiger partial charge in [-0.15, -0.1) is 11.3 Å². The van der Waals surface area contributed by atoms with Crippen molar-refractivity contribution in [2.75, 3.05) is 0 Å². The monoisotopic (exact) mass is 332 g/mol. The van der Waals surface area contributed by atoms with Crippen LogP contribution in [0, 0.1) is 21.3 Å². The van der Waals surface area contributed by atoms with Crippen molar-refractivity contribution in [1.29, 1.82) is 5.41 Å². The van der Waals surface area contributed by atoms with Gasteiger partial charge in [-0.25, -0.2) is 4.39 Å². The maximum absolute atomic E-state index is 13.9. The Kier molecular flexibility index (Phi) is 3.62. The Bertz CT molecular complexity index is 941. The normalized spacial score (nSPS) is 10.7. The molecule has 0 aliphatic rings. The minimum absolute atomic E-state index is 0.0968. The molecule has 23 heavy (non-hydrogen) atoms. The number of rotatable bonds is 4. The average Bonchev–Trinajstić information content (AvgIpc) is 2.94. The fourth-order valence-electron chi connectivity index (χ4n) is 1.93. The third-order valence-corrected chi connectivity index (χ3v) is 4.16. The summed E-state index contributed by atoms with van der Waals surface area (Å²) in [6, 6.07) is 6.33. The molecule has 0 saturated heterocycles. The topological polar surface area (TPSA) is 115 Å². The van der Waals surface area contributed by atoms with Crippen LogP contribution in [0.3, 0.4) is 0 Å². The van der Waals surface area contributed by atoms with Gasteiger partial charge in [0.1, 0.15) is 11.6 Å². The molecule has 2 heterocycles. The van der Waals surface area contributed by atoms with Crippen molar-refractivity contribution in [3.05, 3.63) is 57.3 Å². The Hall–Kier alpha value is -3.07. The number of halogens is 1. The molecule has 3 aromatic rings. The maximum atomic E-state index is 13.9. The first-order chi connectivity index (χ1) is 11.0. The van der Waals surface area contributed by atoms with E-state index < -0.39 is 10.7 Å². The van der Waals surface area contributed by atoms with E-state index in [0.717, 1.165) is 12.1 Å². The summed E-state index contributed by atoms with van der Waals surface area (Å²) >= 11 is 1.20. The highest BCUT2D eigenvalue weighted by molar-refractivity contribution is 7.21. The zero-order chi connectivity index (χ0) is 16.6. The lowest BCUT2D eigenvalue weighted by Gasteiger charge is -2.07. The third-order valence-electron chi connectivity index (χ3n) is 2.99. The predicted octanol–water partition coefficient (Wildman–Crippen LogP) is 3.42. The number of nitro groups is 1. The van der Waals surface area contributed by atoms with Gasteiger partial charge in [0.15, 0.2) is 11.6 Å². The quantitative estimate of drug-likeness (QED) is 0.329. The van der Waals surface area contributed by atoms with Gasteiger partial charge in [-0.3, -0.25) is 20.5 Å². The average molecular weight is 332 g/mol. The number of amidine groups is 1. The predicted molar refractivity (Wildman–Crippen MR) is 83.8 cm³/mol. The van der Waals surface area contributed by atoms with Crippen LogP contribution in [0.5, 0.6) is 11.5 Å². The van der Waals surface area contributed by atoms with Crippen LogP contribution in [0.25, 0.3) is 10.2 Å². The van der Waals surface area contributed by atoms with Crippen LogP contribution in [0.2, 0.25) is 0 Å². The molecule has 0 aliphatic carbocycles. The summed E-state index contributed by atoms with van der Waals surface area (Å²) in [6.07, 6.45) is 1.48. The highest BCUT2D eigenvalue weighted by Crippen LogP contribution is 2.36. The molecule has 0 amide bonds. The summed E-state index contributed by atoms with van der Waals surface area (Å²) in [5, 5.41) is 18.1. The summed E-state index contributed by atoms with van der Waals surface area (Å²) in [5.41, 5.74) is 5.66. The molecule has 1 aromatic carbocycles. The number of hydrogen-bond acceptors (Lipinski definition) is 6. The lowest BCUT2D eigenvalue weighted by molar-refractivity contribution is -0.385. The molecular weight excluding hydrogens is 323 g/mol. The lowest BCUT2D eigenvalue weighted by atomic mass is 10.3. The van der Waals surface area contributed by atoms with Crippen molar-refractivity contribution in [3.63, 3.8) is 0 Å². The standard InChI is InChI=1S/C14H9FN4O3S/c15-8-5-7(19(20)21)1-2-10(8)22-11-3-4-18-9-6-12(14(16)17)23-13(9)11/h1-6H,(H3,16,17). The van der Waals surface area contributed by atoms with Crippen LogP contribution in [0.1, 0.15) is 4.88 Å². The Morgan fingerprint density at radius 3 is 2.78 bits per heavy atom. The molecule has 0 bridgehead atoms. The van der Waals surface area contributed by atoms with Crippen molar-refractivity contribution < 1.29 is 14.1 Å². The molecule has 0 radical (unpaired) electrons. The first-order valence-corrected chi connectivity index (χ1v) is 7.12. The molecule has 3 rings (SSSR count). The van der Waals surface area contributed by atoms with E-state index in [1.54, 1.807) is 12.1 Å². The van der Waals surface area contributed by atoms with E-state index >= 15 is 0 Å². The van der Waals surface area contributed by atoms with Crippen molar-refractivity contribution in [2.24, 2.45) is 5.73 Å².